The van der Waals surface area contributed by atoms with E-state index in [1.807, 2.05) is 30.3 Å². The van der Waals surface area contributed by atoms with Gasteiger partial charge in [0.2, 0.25) is 5.91 Å². The third-order valence-electron chi connectivity index (χ3n) is 4.29. The Morgan fingerprint density at radius 2 is 2.00 bits per heavy atom. The molecule has 2 N–H and O–H groups in total. The highest BCUT2D eigenvalue weighted by Crippen LogP contribution is 2.29. The number of nitrogens with one attached hydrogen (secondary N) is 1. The Kier molecular flexibility index (Phi) is 5.43. The fraction of sp³-hybridized carbons (Fsp3) is 0.471. The van der Waals surface area contributed by atoms with Crippen molar-refractivity contribution in [1.29, 1.82) is 0 Å². The van der Waals surface area contributed by atoms with Crippen LogP contribution >= 0.6 is 0 Å². The third kappa shape index (κ3) is 3.84. The molecule has 0 aliphatic carbocycles. The summed E-state index contributed by atoms with van der Waals surface area (Å²) in [5.41, 5.74) is -0.384. The van der Waals surface area contributed by atoms with Crippen LogP contribution in [-0.4, -0.2) is 46.1 Å². The SMILES string of the molecule is C[C@H](NC(=O)OCc1ccccc1)C(=O)N1CCC[C@@]1(C)C(=O)O. The molecule has 2 amide bonds. The molecular formula is C17H22N2O5. The zero-order valence-electron chi connectivity index (χ0n) is 13.8. The summed E-state index contributed by atoms with van der Waals surface area (Å²) in [6, 6.07) is 8.32. The molecule has 7 nitrogen and oxygen atoms in total. The molecule has 2 rings (SSSR count). The third-order valence-corrected chi connectivity index (χ3v) is 4.29. The Bertz CT molecular complexity index is 619. The first-order chi connectivity index (χ1) is 11.3. The Morgan fingerprint density at radius 3 is 2.62 bits per heavy atom. The maximum Gasteiger partial charge on any atom is 0.408 e. The van der Waals surface area contributed by atoms with Crippen LogP contribution < -0.4 is 5.32 Å². The molecule has 1 saturated heterocycles. The van der Waals surface area contributed by atoms with E-state index in [0.717, 1.165) is 5.56 Å². The lowest BCUT2D eigenvalue weighted by molar-refractivity contribution is -0.155. The fourth-order valence-electron chi connectivity index (χ4n) is 2.78. The van der Waals surface area contributed by atoms with Gasteiger partial charge in [0.1, 0.15) is 18.2 Å². The van der Waals surface area contributed by atoms with E-state index in [0.29, 0.717) is 19.4 Å². The average molecular weight is 334 g/mol. The van der Waals surface area contributed by atoms with Crippen LogP contribution in [0.2, 0.25) is 0 Å². The minimum atomic E-state index is -1.22. The van der Waals surface area contributed by atoms with Gasteiger partial charge in [0, 0.05) is 6.54 Å². The van der Waals surface area contributed by atoms with Gasteiger partial charge in [0.05, 0.1) is 0 Å². The normalized spacial score (nSPS) is 21.2. The van der Waals surface area contributed by atoms with Gasteiger partial charge in [0.25, 0.3) is 0 Å². The maximum atomic E-state index is 12.5. The molecule has 0 saturated carbocycles. The fourth-order valence-corrected chi connectivity index (χ4v) is 2.78. The molecule has 24 heavy (non-hydrogen) atoms. The van der Waals surface area contributed by atoms with Crippen LogP contribution in [0.25, 0.3) is 0 Å². The van der Waals surface area contributed by atoms with E-state index >= 15 is 0 Å². The predicted octanol–water partition coefficient (Wildman–Crippen LogP) is 1.77. The lowest BCUT2D eigenvalue weighted by Crippen LogP contribution is -2.56. The van der Waals surface area contributed by atoms with Gasteiger partial charge in [-0.1, -0.05) is 30.3 Å². The first kappa shape index (κ1) is 17.8. The first-order valence-corrected chi connectivity index (χ1v) is 7.86. The summed E-state index contributed by atoms with van der Waals surface area (Å²) in [6.07, 6.45) is 0.315. The minimum absolute atomic E-state index is 0.101. The van der Waals surface area contributed by atoms with E-state index in [1.165, 1.54) is 18.7 Å². The van der Waals surface area contributed by atoms with E-state index < -0.39 is 29.6 Å². The summed E-state index contributed by atoms with van der Waals surface area (Å²) < 4.78 is 5.07. The molecule has 130 valence electrons. The van der Waals surface area contributed by atoms with Crippen molar-refractivity contribution < 1.29 is 24.2 Å². The number of likely N-dealkylation sites (tertiary alicyclic amines) is 1. The van der Waals surface area contributed by atoms with Crippen LogP contribution in [0.15, 0.2) is 30.3 Å². The number of nitrogens with zero attached hydrogens (tertiary/aromatic N) is 1. The van der Waals surface area contributed by atoms with E-state index in [-0.39, 0.29) is 6.61 Å². The average Bonchev–Trinajstić information content (AvgIpc) is 2.96. The molecule has 0 radical (unpaired) electrons. The van der Waals surface area contributed by atoms with Crippen LogP contribution in [0.5, 0.6) is 0 Å². The van der Waals surface area contributed by atoms with Crippen LogP contribution in [0.3, 0.4) is 0 Å². The predicted molar refractivity (Wildman–Crippen MR) is 86.2 cm³/mol. The van der Waals surface area contributed by atoms with E-state index in [4.69, 9.17) is 4.74 Å². The van der Waals surface area contributed by atoms with Gasteiger partial charge < -0.3 is 20.1 Å². The Morgan fingerprint density at radius 1 is 1.33 bits per heavy atom. The highest BCUT2D eigenvalue weighted by Gasteiger charge is 2.46. The molecule has 1 aliphatic rings. The minimum Gasteiger partial charge on any atom is -0.480 e. The number of carboxylic acid groups (broad SMARTS) is 1. The lowest BCUT2D eigenvalue weighted by atomic mass is 9.99. The van der Waals surface area contributed by atoms with Crippen molar-refractivity contribution in [3.05, 3.63) is 35.9 Å². The Hall–Kier alpha value is -2.57. The molecule has 0 spiro atoms. The monoisotopic (exact) mass is 334 g/mol. The maximum absolute atomic E-state index is 12.5. The first-order valence-electron chi connectivity index (χ1n) is 7.86. The topological polar surface area (TPSA) is 95.9 Å². The lowest BCUT2D eigenvalue weighted by Gasteiger charge is -2.33. The van der Waals surface area contributed by atoms with Gasteiger partial charge >= 0.3 is 12.1 Å². The Balaban J connectivity index is 1.89. The van der Waals surface area contributed by atoms with Gasteiger partial charge in [-0.3, -0.25) is 4.79 Å². The van der Waals surface area contributed by atoms with Gasteiger partial charge in [-0.05, 0) is 32.3 Å². The summed E-state index contributed by atoms with van der Waals surface area (Å²) in [6.45, 7) is 3.52. The van der Waals surface area contributed by atoms with Crippen LogP contribution in [-0.2, 0) is 20.9 Å². The van der Waals surface area contributed by atoms with Crippen molar-refractivity contribution in [2.45, 2.75) is 44.9 Å². The molecule has 0 aromatic heterocycles. The molecule has 1 heterocycles. The highest BCUT2D eigenvalue weighted by atomic mass is 16.5. The van der Waals surface area contributed by atoms with Crippen molar-refractivity contribution in [3.8, 4) is 0 Å². The largest absolute Gasteiger partial charge is 0.480 e. The molecule has 0 bridgehead atoms. The second kappa shape index (κ2) is 7.33. The second-order valence-electron chi connectivity index (χ2n) is 6.10. The number of carbonyl (C=O) groups is 3. The summed E-state index contributed by atoms with van der Waals surface area (Å²) in [5, 5.41) is 11.8. The number of alkyl carbamates (subject to hydrolysis) is 1. The van der Waals surface area contributed by atoms with Gasteiger partial charge in [-0.15, -0.1) is 0 Å². The Labute approximate surface area is 140 Å². The van der Waals surface area contributed by atoms with E-state index in [9.17, 15) is 19.5 Å². The summed E-state index contributed by atoms with van der Waals surface area (Å²) in [5.74, 6) is -1.46. The van der Waals surface area contributed by atoms with E-state index in [2.05, 4.69) is 5.32 Å². The number of ether oxygens (including phenoxy) is 1. The summed E-state index contributed by atoms with van der Waals surface area (Å²) >= 11 is 0. The molecule has 1 fully saturated rings. The zero-order chi connectivity index (χ0) is 17.7. The van der Waals surface area contributed by atoms with Crippen molar-refractivity contribution in [3.63, 3.8) is 0 Å². The highest BCUT2D eigenvalue weighted by molar-refractivity contribution is 5.91. The second-order valence-corrected chi connectivity index (χ2v) is 6.10. The quantitative estimate of drug-likeness (QED) is 0.855. The standard InChI is InChI=1S/C17H22N2O5/c1-12(14(20)19-10-6-9-17(19,2)15(21)22)18-16(23)24-11-13-7-4-3-5-8-13/h3-5,7-8,12H,6,9-11H2,1-2H3,(H,18,23)(H,21,22)/t12-,17-/m0/s1. The van der Waals surface area contributed by atoms with Crippen LogP contribution in [0, 0.1) is 0 Å². The molecule has 1 aliphatic heterocycles. The summed E-state index contributed by atoms with van der Waals surface area (Å²) in [7, 11) is 0. The number of hydrogen-bond acceptors (Lipinski definition) is 4. The smallest absolute Gasteiger partial charge is 0.408 e. The number of rotatable bonds is 5. The van der Waals surface area contributed by atoms with Crippen molar-refractivity contribution in [1.82, 2.24) is 10.2 Å². The van der Waals surface area contributed by atoms with Crippen molar-refractivity contribution in [2.24, 2.45) is 0 Å². The van der Waals surface area contributed by atoms with Crippen molar-refractivity contribution >= 4 is 18.0 Å². The van der Waals surface area contributed by atoms with Gasteiger partial charge in [-0.25, -0.2) is 9.59 Å². The number of carbonyl (C=O) groups excluding carboxylic acids is 2. The van der Waals surface area contributed by atoms with Crippen LogP contribution in [0.4, 0.5) is 4.79 Å². The van der Waals surface area contributed by atoms with Crippen LogP contribution in [0.1, 0.15) is 32.3 Å². The number of aliphatic carboxylic acids is 1. The van der Waals surface area contributed by atoms with Crippen molar-refractivity contribution in [2.75, 3.05) is 6.54 Å². The molecule has 7 heteroatoms. The molecule has 1 aromatic rings. The molecule has 2 atom stereocenters. The van der Waals surface area contributed by atoms with Gasteiger partial charge in [-0.2, -0.15) is 0 Å². The zero-order valence-corrected chi connectivity index (χ0v) is 13.8. The molecule has 0 unspecified atom stereocenters. The number of hydrogen-bond donors (Lipinski definition) is 2. The van der Waals surface area contributed by atoms with E-state index in [1.54, 1.807) is 0 Å². The number of carboxylic acids is 1. The van der Waals surface area contributed by atoms with Gasteiger partial charge in [0.15, 0.2) is 0 Å². The summed E-state index contributed by atoms with van der Waals surface area (Å²) in [4.78, 5) is 37.0. The number of amides is 2. The molecule has 1 aromatic carbocycles. The molecular weight excluding hydrogens is 312 g/mol. The number of benzene rings is 1.